The van der Waals surface area contributed by atoms with E-state index in [9.17, 15) is 10.2 Å². The molecule has 2 bridgehead atoms. The molecule has 5 atom stereocenters. The number of aliphatic hydroxyl groups excluding tert-OH is 1. The zero-order valence-electron chi connectivity index (χ0n) is 11.4. The smallest absolute Gasteiger partial charge is 0.0686 e. The summed E-state index contributed by atoms with van der Waals surface area (Å²) in [5, 5.41) is 21.2. The van der Waals surface area contributed by atoms with Crippen molar-refractivity contribution in [3.05, 3.63) is 0 Å². The van der Waals surface area contributed by atoms with Crippen molar-refractivity contribution in [1.82, 2.24) is 0 Å². The highest BCUT2D eigenvalue weighted by atomic mass is 16.3. The van der Waals surface area contributed by atoms with Crippen molar-refractivity contribution in [1.29, 1.82) is 0 Å². The Morgan fingerprint density at radius 3 is 2.35 bits per heavy atom. The fourth-order valence-corrected chi connectivity index (χ4v) is 5.10. The Balaban J connectivity index is 1.93. The van der Waals surface area contributed by atoms with E-state index in [-0.39, 0.29) is 11.5 Å². The van der Waals surface area contributed by atoms with Crippen LogP contribution in [0.5, 0.6) is 0 Å². The van der Waals surface area contributed by atoms with Crippen LogP contribution < -0.4 is 0 Å². The van der Waals surface area contributed by atoms with Gasteiger partial charge in [0.25, 0.3) is 0 Å². The number of hydrogen-bond donors (Lipinski definition) is 2. The van der Waals surface area contributed by atoms with Gasteiger partial charge in [-0.3, -0.25) is 0 Å². The van der Waals surface area contributed by atoms with Gasteiger partial charge in [-0.05, 0) is 61.2 Å². The number of hydrogen-bond acceptors (Lipinski definition) is 2. The van der Waals surface area contributed by atoms with E-state index < -0.39 is 5.60 Å². The maximum absolute atomic E-state index is 11.0. The third-order valence-electron chi connectivity index (χ3n) is 6.32. The highest BCUT2D eigenvalue weighted by molar-refractivity contribution is 5.12. The molecule has 3 saturated carbocycles. The second kappa shape index (κ2) is 3.27. The number of rotatable bonds is 0. The van der Waals surface area contributed by atoms with Crippen LogP contribution in [0.2, 0.25) is 0 Å². The lowest BCUT2D eigenvalue weighted by Gasteiger charge is -2.58. The van der Waals surface area contributed by atoms with Crippen molar-refractivity contribution in [2.24, 2.45) is 22.7 Å². The lowest BCUT2D eigenvalue weighted by atomic mass is 9.49. The quantitative estimate of drug-likeness (QED) is 0.681. The van der Waals surface area contributed by atoms with Crippen molar-refractivity contribution in [2.45, 2.75) is 71.0 Å². The fourth-order valence-electron chi connectivity index (χ4n) is 5.10. The molecule has 0 aromatic rings. The minimum absolute atomic E-state index is 0.0413. The molecule has 5 unspecified atom stereocenters. The Morgan fingerprint density at radius 1 is 1.00 bits per heavy atom. The SMILES string of the molecule is CC1(C)CC2C1CCC1(C)CC2(O)CCC1O. The first-order valence-corrected chi connectivity index (χ1v) is 7.17. The molecule has 0 amide bonds. The molecular weight excluding hydrogens is 212 g/mol. The summed E-state index contributed by atoms with van der Waals surface area (Å²) in [5.41, 5.74) is -0.121. The van der Waals surface area contributed by atoms with Crippen molar-refractivity contribution in [3.63, 3.8) is 0 Å². The molecule has 98 valence electrons. The zero-order valence-corrected chi connectivity index (χ0v) is 11.4. The normalized spacial score (nSPS) is 56.6. The van der Waals surface area contributed by atoms with E-state index >= 15 is 0 Å². The van der Waals surface area contributed by atoms with E-state index in [4.69, 9.17) is 0 Å². The summed E-state index contributed by atoms with van der Waals surface area (Å²) >= 11 is 0. The first kappa shape index (κ1) is 12.0. The van der Waals surface area contributed by atoms with E-state index in [1.807, 2.05) is 0 Å². The van der Waals surface area contributed by atoms with Crippen molar-refractivity contribution < 1.29 is 10.2 Å². The van der Waals surface area contributed by atoms with Gasteiger partial charge in [-0.25, -0.2) is 0 Å². The summed E-state index contributed by atoms with van der Waals surface area (Å²) in [6.07, 6.45) is 5.65. The van der Waals surface area contributed by atoms with Gasteiger partial charge in [0, 0.05) is 0 Å². The lowest BCUT2D eigenvalue weighted by Crippen LogP contribution is -2.57. The van der Waals surface area contributed by atoms with Gasteiger partial charge < -0.3 is 10.2 Å². The molecule has 0 aromatic heterocycles. The van der Waals surface area contributed by atoms with Crippen LogP contribution in [-0.2, 0) is 0 Å². The van der Waals surface area contributed by atoms with Gasteiger partial charge in [0.2, 0.25) is 0 Å². The minimum Gasteiger partial charge on any atom is -0.393 e. The van der Waals surface area contributed by atoms with Crippen molar-refractivity contribution in [2.75, 3.05) is 0 Å². The molecule has 0 aliphatic heterocycles. The second-order valence-corrected chi connectivity index (χ2v) is 7.93. The molecule has 3 aliphatic carbocycles. The third-order valence-corrected chi connectivity index (χ3v) is 6.32. The minimum atomic E-state index is -0.481. The molecule has 3 aliphatic rings. The molecular formula is C15H26O2. The predicted octanol–water partition coefficient (Wildman–Crippen LogP) is 2.72. The molecule has 3 rings (SSSR count). The van der Waals surface area contributed by atoms with Gasteiger partial charge in [-0.2, -0.15) is 0 Å². The Kier molecular flexibility index (Phi) is 2.30. The molecule has 2 nitrogen and oxygen atoms in total. The van der Waals surface area contributed by atoms with Crippen molar-refractivity contribution >= 4 is 0 Å². The predicted molar refractivity (Wildman–Crippen MR) is 67.5 cm³/mol. The van der Waals surface area contributed by atoms with Crippen LogP contribution in [0.1, 0.15) is 59.3 Å². The van der Waals surface area contributed by atoms with Crippen LogP contribution in [0.4, 0.5) is 0 Å². The molecule has 2 N–H and O–H groups in total. The van der Waals surface area contributed by atoms with E-state index in [0.717, 1.165) is 25.7 Å². The molecule has 17 heavy (non-hydrogen) atoms. The number of fused-ring (bicyclic) bond motifs is 4. The highest BCUT2D eigenvalue weighted by Gasteiger charge is 2.61. The Hall–Kier alpha value is -0.0800. The molecule has 0 aromatic carbocycles. The average Bonchev–Trinajstić information content (AvgIpc) is 2.28. The van der Waals surface area contributed by atoms with Crippen LogP contribution in [-0.4, -0.2) is 21.9 Å². The third kappa shape index (κ3) is 1.53. The second-order valence-electron chi connectivity index (χ2n) is 7.93. The molecule has 0 radical (unpaired) electrons. The van der Waals surface area contributed by atoms with E-state index in [1.165, 1.54) is 12.8 Å². The maximum Gasteiger partial charge on any atom is 0.0686 e. The zero-order chi connectivity index (χ0) is 12.5. The lowest BCUT2D eigenvalue weighted by molar-refractivity contribution is -0.176. The highest BCUT2D eigenvalue weighted by Crippen LogP contribution is 2.64. The van der Waals surface area contributed by atoms with Gasteiger partial charge in [-0.1, -0.05) is 20.8 Å². The first-order chi connectivity index (χ1) is 7.77. The van der Waals surface area contributed by atoms with E-state index in [0.29, 0.717) is 17.3 Å². The standard InChI is InChI=1S/C15H26O2/c1-13(2)8-11-10(13)4-6-14(3)9-15(11,17)7-5-12(14)16/h10-12,16-17H,4-9H2,1-3H3. The molecule has 0 saturated heterocycles. The van der Waals surface area contributed by atoms with Crippen molar-refractivity contribution in [3.8, 4) is 0 Å². The molecule has 0 spiro atoms. The van der Waals surface area contributed by atoms with Crippen LogP contribution in [0.3, 0.4) is 0 Å². The summed E-state index contributed by atoms with van der Waals surface area (Å²) in [6, 6.07) is 0. The molecule has 3 fully saturated rings. The Labute approximate surface area is 104 Å². The summed E-state index contributed by atoms with van der Waals surface area (Å²) in [7, 11) is 0. The monoisotopic (exact) mass is 238 g/mol. The van der Waals surface area contributed by atoms with E-state index in [2.05, 4.69) is 20.8 Å². The molecule has 0 heterocycles. The summed E-state index contributed by atoms with van der Waals surface area (Å²) < 4.78 is 0. The first-order valence-electron chi connectivity index (χ1n) is 7.17. The maximum atomic E-state index is 11.0. The molecule has 2 heteroatoms. The van der Waals surface area contributed by atoms with Crippen LogP contribution in [0, 0.1) is 22.7 Å². The summed E-state index contributed by atoms with van der Waals surface area (Å²) in [5.74, 6) is 1.16. The summed E-state index contributed by atoms with van der Waals surface area (Å²) in [6.45, 7) is 6.86. The van der Waals surface area contributed by atoms with E-state index in [1.54, 1.807) is 0 Å². The van der Waals surface area contributed by atoms with Crippen LogP contribution in [0.15, 0.2) is 0 Å². The number of aliphatic hydroxyl groups is 2. The van der Waals surface area contributed by atoms with Gasteiger partial charge in [0.15, 0.2) is 0 Å². The van der Waals surface area contributed by atoms with Crippen LogP contribution >= 0.6 is 0 Å². The Bertz CT molecular complexity index is 338. The van der Waals surface area contributed by atoms with Gasteiger partial charge in [0.1, 0.15) is 0 Å². The largest absolute Gasteiger partial charge is 0.393 e. The van der Waals surface area contributed by atoms with Gasteiger partial charge in [-0.15, -0.1) is 0 Å². The topological polar surface area (TPSA) is 40.5 Å². The summed E-state index contributed by atoms with van der Waals surface area (Å²) in [4.78, 5) is 0. The Morgan fingerprint density at radius 2 is 1.71 bits per heavy atom. The average molecular weight is 238 g/mol. The van der Waals surface area contributed by atoms with Gasteiger partial charge in [0.05, 0.1) is 11.7 Å². The fraction of sp³-hybridized carbons (Fsp3) is 1.00. The van der Waals surface area contributed by atoms with Crippen LogP contribution in [0.25, 0.3) is 0 Å². The van der Waals surface area contributed by atoms with Gasteiger partial charge >= 0.3 is 0 Å².